The van der Waals surface area contributed by atoms with Gasteiger partial charge in [-0.2, -0.15) is 0 Å². The summed E-state index contributed by atoms with van der Waals surface area (Å²) in [6.45, 7) is 3.70. The van der Waals surface area contributed by atoms with Gasteiger partial charge >= 0.3 is 0 Å². The van der Waals surface area contributed by atoms with E-state index in [2.05, 4.69) is 21.2 Å². The highest BCUT2D eigenvalue weighted by molar-refractivity contribution is 9.10. The molecule has 1 aromatic rings. The van der Waals surface area contributed by atoms with E-state index < -0.39 is 0 Å². The molecule has 0 aliphatic carbocycles. The van der Waals surface area contributed by atoms with E-state index in [-0.39, 0.29) is 24.3 Å². The monoisotopic (exact) mass is 285 g/mol. The first kappa shape index (κ1) is 13.2. The van der Waals surface area contributed by atoms with E-state index in [4.69, 9.17) is 5.11 Å². The van der Waals surface area contributed by atoms with E-state index in [9.17, 15) is 4.79 Å². The Labute approximate surface area is 104 Å². The molecule has 0 bridgehead atoms. The van der Waals surface area contributed by atoms with Crippen molar-refractivity contribution in [3.8, 4) is 0 Å². The molecule has 3 nitrogen and oxygen atoms in total. The van der Waals surface area contributed by atoms with E-state index in [1.807, 2.05) is 38.1 Å². The van der Waals surface area contributed by atoms with E-state index >= 15 is 0 Å². The van der Waals surface area contributed by atoms with Crippen molar-refractivity contribution in [2.24, 2.45) is 11.8 Å². The number of aliphatic hydroxyl groups excluding tert-OH is 1. The minimum Gasteiger partial charge on any atom is -0.396 e. The molecule has 1 aromatic carbocycles. The van der Waals surface area contributed by atoms with E-state index in [0.29, 0.717) is 0 Å². The second-order valence-electron chi connectivity index (χ2n) is 4.00. The Morgan fingerprint density at radius 2 is 2.06 bits per heavy atom. The predicted octanol–water partition coefficient (Wildman–Crippen LogP) is 2.65. The van der Waals surface area contributed by atoms with Crippen molar-refractivity contribution in [3.63, 3.8) is 0 Å². The third-order valence-electron chi connectivity index (χ3n) is 2.47. The molecule has 0 saturated heterocycles. The van der Waals surface area contributed by atoms with Gasteiger partial charge in [0.05, 0.1) is 18.2 Å². The zero-order chi connectivity index (χ0) is 12.1. The molecule has 2 N–H and O–H groups in total. The van der Waals surface area contributed by atoms with Crippen LogP contribution in [0.5, 0.6) is 0 Å². The quantitative estimate of drug-likeness (QED) is 0.894. The van der Waals surface area contributed by atoms with Gasteiger partial charge in [0.25, 0.3) is 0 Å². The van der Waals surface area contributed by atoms with Crippen molar-refractivity contribution < 1.29 is 9.90 Å². The van der Waals surface area contributed by atoms with E-state index in [1.54, 1.807) is 0 Å². The summed E-state index contributed by atoms with van der Waals surface area (Å²) in [4.78, 5) is 11.8. The first-order valence-corrected chi connectivity index (χ1v) is 6.01. The molecular weight excluding hydrogens is 270 g/mol. The summed E-state index contributed by atoms with van der Waals surface area (Å²) in [5, 5.41) is 11.9. The number of para-hydroxylation sites is 1. The van der Waals surface area contributed by atoms with Gasteiger partial charge in [0.1, 0.15) is 0 Å². The van der Waals surface area contributed by atoms with Gasteiger partial charge in [-0.1, -0.05) is 26.0 Å². The number of hydrogen-bond acceptors (Lipinski definition) is 2. The highest BCUT2D eigenvalue weighted by Crippen LogP contribution is 2.22. The van der Waals surface area contributed by atoms with Crippen LogP contribution in [0.1, 0.15) is 13.8 Å². The number of carbonyl (C=O) groups is 1. The van der Waals surface area contributed by atoms with Crippen LogP contribution >= 0.6 is 15.9 Å². The number of nitrogens with one attached hydrogen (secondary N) is 1. The Kier molecular flexibility index (Phi) is 4.96. The summed E-state index contributed by atoms with van der Waals surface area (Å²) in [7, 11) is 0. The number of amides is 1. The molecular formula is C12H16BrNO2. The normalized spacial score (nSPS) is 12.6. The Hall–Kier alpha value is -0.870. The lowest BCUT2D eigenvalue weighted by molar-refractivity contribution is -0.122. The van der Waals surface area contributed by atoms with Crippen LogP contribution in [0, 0.1) is 11.8 Å². The van der Waals surface area contributed by atoms with Crippen LogP contribution in [-0.2, 0) is 4.79 Å². The molecule has 16 heavy (non-hydrogen) atoms. The predicted molar refractivity (Wildman–Crippen MR) is 68.2 cm³/mol. The summed E-state index contributed by atoms with van der Waals surface area (Å²) in [6, 6.07) is 7.41. The van der Waals surface area contributed by atoms with Crippen molar-refractivity contribution in [1.82, 2.24) is 0 Å². The molecule has 0 saturated carbocycles. The summed E-state index contributed by atoms with van der Waals surface area (Å²) in [6.07, 6.45) is 0. The lowest BCUT2D eigenvalue weighted by atomic mass is 9.96. The molecule has 0 fully saturated rings. The Morgan fingerprint density at radius 1 is 1.44 bits per heavy atom. The minimum absolute atomic E-state index is 0.118. The van der Waals surface area contributed by atoms with Crippen LogP contribution in [0.3, 0.4) is 0 Å². The largest absolute Gasteiger partial charge is 0.396 e. The highest BCUT2D eigenvalue weighted by Gasteiger charge is 2.21. The molecule has 1 unspecified atom stereocenters. The van der Waals surface area contributed by atoms with Crippen molar-refractivity contribution in [3.05, 3.63) is 28.7 Å². The molecule has 0 radical (unpaired) electrons. The summed E-state index contributed by atoms with van der Waals surface area (Å²) in [5.41, 5.74) is 0.728. The van der Waals surface area contributed by atoms with Gasteiger partial charge in [-0.05, 0) is 34.0 Å². The molecule has 1 rings (SSSR count). The number of anilines is 1. The molecule has 0 aliphatic rings. The van der Waals surface area contributed by atoms with Gasteiger partial charge in [-0.15, -0.1) is 0 Å². The summed E-state index contributed by atoms with van der Waals surface area (Å²) >= 11 is 3.36. The molecule has 0 spiro atoms. The lowest BCUT2D eigenvalue weighted by Crippen LogP contribution is -2.29. The molecule has 4 heteroatoms. The van der Waals surface area contributed by atoms with Crippen molar-refractivity contribution in [2.75, 3.05) is 11.9 Å². The van der Waals surface area contributed by atoms with Crippen LogP contribution < -0.4 is 5.32 Å². The van der Waals surface area contributed by atoms with Crippen molar-refractivity contribution in [1.29, 1.82) is 0 Å². The number of halogens is 1. The smallest absolute Gasteiger partial charge is 0.230 e. The van der Waals surface area contributed by atoms with Gasteiger partial charge < -0.3 is 10.4 Å². The maximum Gasteiger partial charge on any atom is 0.230 e. The lowest BCUT2D eigenvalue weighted by Gasteiger charge is -2.18. The van der Waals surface area contributed by atoms with Crippen molar-refractivity contribution >= 4 is 27.5 Å². The van der Waals surface area contributed by atoms with Gasteiger partial charge in [-0.25, -0.2) is 0 Å². The van der Waals surface area contributed by atoms with Gasteiger partial charge in [0, 0.05) is 4.47 Å². The third kappa shape index (κ3) is 3.32. The number of hydrogen-bond donors (Lipinski definition) is 2. The van der Waals surface area contributed by atoms with Crippen LogP contribution in [0.4, 0.5) is 5.69 Å². The topological polar surface area (TPSA) is 49.3 Å². The molecule has 1 atom stereocenters. The van der Waals surface area contributed by atoms with Crippen molar-refractivity contribution in [2.45, 2.75) is 13.8 Å². The number of carbonyl (C=O) groups excluding carboxylic acids is 1. The third-order valence-corrected chi connectivity index (χ3v) is 3.16. The van der Waals surface area contributed by atoms with Gasteiger partial charge in [0.15, 0.2) is 0 Å². The fourth-order valence-corrected chi connectivity index (χ4v) is 1.77. The molecule has 0 aromatic heterocycles. The number of aliphatic hydroxyl groups is 1. The molecule has 0 aliphatic heterocycles. The fraction of sp³-hybridized carbons (Fsp3) is 0.417. The average molecular weight is 286 g/mol. The Balaban J connectivity index is 2.74. The maximum atomic E-state index is 11.8. The van der Waals surface area contributed by atoms with Crippen LogP contribution in [-0.4, -0.2) is 17.6 Å². The first-order valence-electron chi connectivity index (χ1n) is 5.22. The first-order chi connectivity index (χ1) is 7.56. The summed E-state index contributed by atoms with van der Waals surface area (Å²) in [5.74, 6) is -0.399. The van der Waals surface area contributed by atoms with E-state index in [1.165, 1.54) is 0 Å². The minimum atomic E-state index is -0.368. The zero-order valence-corrected chi connectivity index (χ0v) is 11.0. The Morgan fingerprint density at radius 3 is 2.56 bits per heavy atom. The molecule has 1 amide bonds. The average Bonchev–Trinajstić information content (AvgIpc) is 2.22. The number of benzene rings is 1. The fourth-order valence-electron chi connectivity index (χ4n) is 1.38. The Bertz CT molecular complexity index is 366. The molecule has 0 heterocycles. The second-order valence-corrected chi connectivity index (χ2v) is 4.86. The highest BCUT2D eigenvalue weighted by atomic mass is 79.9. The van der Waals surface area contributed by atoms with Gasteiger partial charge in [0.2, 0.25) is 5.91 Å². The maximum absolute atomic E-state index is 11.8. The van der Waals surface area contributed by atoms with Gasteiger partial charge in [-0.3, -0.25) is 4.79 Å². The van der Waals surface area contributed by atoms with Crippen LogP contribution in [0.15, 0.2) is 28.7 Å². The van der Waals surface area contributed by atoms with E-state index in [0.717, 1.165) is 10.2 Å². The second kappa shape index (κ2) is 6.01. The van der Waals surface area contributed by atoms with Crippen LogP contribution in [0.2, 0.25) is 0 Å². The standard InChI is InChI=1S/C12H16BrNO2/c1-8(2)9(7-15)12(16)14-11-6-4-3-5-10(11)13/h3-6,8-9,15H,7H2,1-2H3,(H,14,16). The summed E-state index contributed by atoms with van der Waals surface area (Å²) < 4.78 is 0.837. The molecule has 88 valence electrons. The number of rotatable bonds is 4. The van der Waals surface area contributed by atoms with Crippen LogP contribution in [0.25, 0.3) is 0 Å². The zero-order valence-electron chi connectivity index (χ0n) is 9.40. The SMILES string of the molecule is CC(C)C(CO)C(=O)Nc1ccccc1Br.